The molecule has 0 saturated carbocycles. The molecule has 0 radical (unpaired) electrons. The van der Waals surface area contributed by atoms with E-state index in [9.17, 15) is 0 Å². The molecular weight excluding hydrogens is 178 g/mol. The highest BCUT2D eigenvalue weighted by Gasteiger charge is 2.02. The van der Waals surface area contributed by atoms with E-state index in [1.165, 1.54) is 0 Å². The van der Waals surface area contributed by atoms with Crippen molar-refractivity contribution in [2.45, 2.75) is 13.8 Å². The maximum Gasteiger partial charge on any atom is 0.0594 e. The molecule has 1 saturated heterocycles. The Balaban J connectivity index is 0.000000213. The molecule has 2 rings (SSSR count). The highest BCUT2D eigenvalue weighted by atomic mass is 16.5. The van der Waals surface area contributed by atoms with Crippen LogP contribution in [0.4, 0.5) is 0 Å². The van der Waals surface area contributed by atoms with E-state index in [2.05, 4.69) is 22.1 Å². The van der Waals surface area contributed by atoms with E-state index in [1.54, 1.807) is 12.4 Å². The fourth-order valence-corrected chi connectivity index (χ4v) is 0.870. The molecule has 14 heavy (non-hydrogen) atoms. The van der Waals surface area contributed by atoms with Gasteiger partial charge in [0.15, 0.2) is 0 Å². The first-order valence-corrected chi connectivity index (χ1v) is 5.09. The number of morpholine rings is 1. The van der Waals surface area contributed by atoms with E-state index >= 15 is 0 Å². The maximum atomic E-state index is 5.10. The lowest BCUT2D eigenvalue weighted by Gasteiger charge is -2.21. The smallest absolute Gasteiger partial charge is 0.0594 e. The van der Waals surface area contributed by atoms with E-state index in [1.807, 2.05) is 19.9 Å². The molecule has 1 N–H and O–H groups in total. The van der Waals surface area contributed by atoms with Gasteiger partial charge in [0.05, 0.1) is 13.2 Å². The average Bonchev–Trinajstić information content (AvgIpc) is 2.80. The first-order chi connectivity index (χ1) is 6.89. The van der Waals surface area contributed by atoms with Gasteiger partial charge in [0.1, 0.15) is 0 Å². The fourth-order valence-electron chi connectivity index (χ4n) is 0.870. The number of nitrogens with zero attached hydrogens (tertiary/aromatic N) is 2. The Morgan fingerprint density at radius 1 is 1.29 bits per heavy atom. The van der Waals surface area contributed by atoms with Gasteiger partial charge in [-0.05, 0) is 13.1 Å². The third-order valence-electron chi connectivity index (χ3n) is 1.64. The number of aromatic nitrogens is 2. The highest BCUT2D eigenvalue weighted by Crippen LogP contribution is 1.89. The zero-order valence-electron chi connectivity index (χ0n) is 9.36. The van der Waals surface area contributed by atoms with Crippen LogP contribution < -0.4 is 0 Å². The molecule has 1 aromatic rings. The number of aromatic amines is 1. The minimum absolute atomic E-state index is 0.913. The number of likely N-dealkylation sites (N-methyl/N-ethyl adjacent to an activating group) is 1. The summed E-state index contributed by atoms with van der Waals surface area (Å²) in [5, 5.41) is 6.21. The number of hydrogen-bond acceptors (Lipinski definition) is 3. The molecule has 1 aromatic heterocycles. The molecule has 0 atom stereocenters. The van der Waals surface area contributed by atoms with Crippen molar-refractivity contribution < 1.29 is 4.74 Å². The van der Waals surface area contributed by atoms with Gasteiger partial charge in [-0.25, -0.2) is 0 Å². The first-order valence-electron chi connectivity index (χ1n) is 5.09. The number of rotatable bonds is 0. The average molecular weight is 199 g/mol. The zero-order valence-corrected chi connectivity index (χ0v) is 9.36. The molecule has 4 nitrogen and oxygen atoms in total. The van der Waals surface area contributed by atoms with E-state index in [0.717, 1.165) is 26.3 Å². The van der Waals surface area contributed by atoms with Crippen LogP contribution in [0.2, 0.25) is 0 Å². The molecule has 0 aromatic carbocycles. The van der Waals surface area contributed by atoms with Crippen molar-refractivity contribution in [1.29, 1.82) is 0 Å². The van der Waals surface area contributed by atoms with Crippen molar-refractivity contribution in [3.63, 3.8) is 0 Å². The van der Waals surface area contributed by atoms with Crippen LogP contribution in [0.25, 0.3) is 0 Å². The molecule has 0 amide bonds. The highest BCUT2D eigenvalue weighted by molar-refractivity contribution is 4.72. The second kappa shape index (κ2) is 10.2. The Morgan fingerprint density at radius 2 is 1.93 bits per heavy atom. The summed E-state index contributed by atoms with van der Waals surface area (Å²) in [6.45, 7) is 8.02. The van der Waals surface area contributed by atoms with Crippen LogP contribution >= 0.6 is 0 Å². The molecule has 0 spiro atoms. The molecule has 0 aliphatic carbocycles. The Hall–Kier alpha value is -0.870. The third kappa shape index (κ3) is 7.76. The van der Waals surface area contributed by atoms with Crippen molar-refractivity contribution in [3.8, 4) is 0 Å². The van der Waals surface area contributed by atoms with Crippen LogP contribution in [0.3, 0.4) is 0 Å². The van der Waals surface area contributed by atoms with Crippen molar-refractivity contribution in [1.82, 2.24) is 15.1 Å². The van der Waals surface area contributed by atoms with Crippen LogP contribution in [-0.2, 0) is 4.74 Å². The third-order valence-corrected chi connectivity index (χ3v) is 1.64. The van der Waals surface area contributed by atoms with Gasteiger partial charge in [-0.2, -0.15) is 5.10 Å². The van der Waals surface area contributed by atoms with E-state index in [4.69, 9.17) is 4.74 Å². The Bertz CT molecular complexity index is 154. The van der Waals surface area contributed by atoms with Crippen LogP contribution in [0, 0.1) is 0 Å². The summed E-state index contributed by atoms with van der Waals surface area (Å²) in [6, 6.07) is 1.83. The van der Waals surface area contributed by atoms with Crippen molar-refractivity contribution >= 4 is 0 Å². The maximum absolute atomic E-state index is 5.10. The Labute approximate surface area is 86.3 Å². The summed E-state index contributed by atoms with van der Waals surface area (Å²) in [5.41, 5.74) is 0. The Morgan fingerprint density at radius 3 is 2.14 bits per heavy atom. The van der Waals surface area contributed by atoms with Gasteiger partial charge in [-0.15, -0.1) is 0 Å². The molecule has 1 aliphatic rings. The monoisotopic (exact) mass is 199 g/mol. The first kappa shape index (κ1) is 13.1. The standard InChI is InChI=1S/C5H11NO.C3H4N2.C2H6/c1-6-2-4-7-5-3-6;1-2-4-5-3-1;1-2/h2-5H2,1H3;1-3H,(H,4,5);1-2H3. The quantitative estimate of drug-likeness (QED) is 0.686. The minimum Gasteiger partial charge on any atom is -0.379 e. The van der Waals surface area contributed by atoms with Crippen molar-refractivity contribution in [2.24, 2.45) is 0 Å². The lowest BCUT2D eigenvalue weighted by Crippen LogP contribution is -2.32. The van der Waals surface area contributed by atoms with Crippen LogP contribution in [0.15, 0.2) is 18.5 Å². The van der Waals surface area contributed by atoms with Gasteiger partial charge in [-0.1, -0.05) is 13.8 Å². The lowest BCUT2D eigenvalue weighted by molar-refractivity contribution is 0.0503. The molecule has 1 aliphatic heterocycles. The predicted octanol–water partition coefficient (Wildman–Crippen LogP) is 1.38. The summed E-state index contributed by atoms with van der Waals surface area (Å²) < 4.78 is 5.10. The molecular formula is C10H21N3O. The molecule has 0 unspecified atom stereocenters. The second-order valence-corrected chi connectivity index (χ2v) is 2.68. The van der Waals surface area contributed by atoms with Crippen LogP contribution in [0.1, 0.15) is 13.8 Å². The fraction of sp³-hybridized carbons (Fsp3) is 0.700. The second-order valence-electron chi connectivity index (χ2n) is 2.68. The number of hydrogen-bond donors (Lipinski definition) is 1. The predicted molar refractivity (Wildman–Crippen MR) is 58.3 cm³/mol. The SMILES string of the molecule is CC.CN1CCOCC1.c1cn[nH]c1. The summed E-state index contributed by atoms with van der Waals surface area (Å²) in [4.78, 5) is 2.27. The van der Waals surface area contributed by atoms with E-state index in [-0.39, 0.29) is 0 Å². The molecule has 2 heterocycles. The van der Waals surface area contributed by atoms with Gasteiger partial charge >= 0.3 is 0 Å². The number of ether oxygens (including phenoxy) is 1. The summed E-state index contributed by atoms with van der Waals surface area (Å²) in [7, 11) is 2.11. The van der Waals surface area contributed by atoms with E-state index in [0.29, 0.717) is 0 Å². The molecule has 4 heteroatoms. The summed E-state index contributed by atoms with van der Waals surface area (Å²) >= 11 is 0. The largest absolute Gasteiger partial charge is 0.379 e. The summed E-state index contributed by atoms with van der Waals surface area (Å²) in [6.07, 6.45) is 3.46. The summed E-state index contributed by atoms with van der Waals surface area (Å²) in [5.74, 6) is 0. The molecule has 0 bridgehead atoms. The van der Waals surface area contributed by atoms with E-state index < -0.39 is 0 Å². The molecule has 1 fully saturated rings. The number of nitrogens with one attached hydrogen (secondary N) is 1. The van der Waals surface area contributed by atoms with Crippen molar-refractivity contribution in [3.05, 3.63) is 18.5 Å². The molecule has 82 valence electrons. The minimum atomic E-state index is 0.913. The van der Waals surface area contributed by atoms with Crippen LogP contribution in [-0.4, -0.2) is 48.4 Å². The van der Waals surface area contributed by atoms with Gasteiger partial charge in [0.2, 0.25) is 0 Å². The van der Waals surface area contributed by atoms with Crippen LogP contribution in [0.5, 0.6) is 0 Å². The normalized spacial score (nSPS) is 15.9. The zero-order chi connectivity index (χ0) is 10.6. The Kier molecular flexibility index (Phi) is 9.58. The van der Waals surface area contributed by atoms with Crippen molar-refractivity contribution in [2.75, 3.05) is 33.4 Å². The van der Waals surface area contributed by atoms with Gasteiger partial charge < -0.3 is 9.64 Å². The van der Waals surface area contributed by atoms with Gasteiger partial charge in [0, 0.05) is 25.5 Å². The lowest BCUT2D eigenvalue weighted by atomic mass is 10.5. The topological polar surface area (TPSA) is 41.1 Å². The van der Waals surface area contributed by atoms with Gasteiger partial charge in [0.25, 0.3) is 0 Å². The number of H-pyrrole nitrogens is 1. The van der Waals surface area contributed by atoms with Gasteiger partial charge in [-0.3, -0.25) is 5.10 Å².